The lowest BCUT2D eigenvalue weighted by Crippen LogP contribution is -2.45. The maximum absolute atomic E-state index is 12.4. The summed E-state index contributed by atoms with van der Waals surface area (Å²) >= 11 is 0. The number of carboxylic acids is 1. The summed E-state index contributed by atoms with van der Waals surface area (Å²) in [6, 6.07) is 0. The largest absolute Gasteiger partial charge is 0.480 e. The second-order valence-corrected chi connectivity index (χ2v) is 5.58. The first-order chi connectivity index (χ1) is 8.38. The fraction of sp³-hybridized carbons (Fsp3) is 0.714. The molecule has 4 nitrogen and oxygen atoms in total. The van der Waals surface area contributed by atoms with Crippen LogP contribution < -0.4 is 0 Å². The standard InChI is InChI=1S/C14H21NO3/c1-4-9-15(10-12(16)17)13(18)11-7-5-6-8-14(11,2)3/h1,11H,5-10H2,2-3H3,(H,16,17). The van der Waals surface area contributed by atoms with Crippen LogP contribution in [0.15, 0.2) is 0 Å². The van der Waals surface area contributed by atoms with Crippen molar-refractivity contribution in [1.82, 2.24) is 4.90 Å². The van der Waals surface area contributed by atoms with E-state index in [4.69, 9.17) is 11.5 Å². The van der Waals surface area contributed by atoms with E-state index in [9.17, 15) is 9.59 Å². The van der Waals surface area contributed by atoms with Crippen molar-refractivity contribution in [3.8, 4) is 12.3 Å². The van der Waals surface area contributed by atoms with Crippen molar-refractivity contribution >= 4 is 11.9 Å². The lowest BCUT2D eigenvalue weighted by atomic mass is 9.68. The summed E-state index contributed by atoms with van der Waals surface area (Å²) in [5.41, 5.74) is -0.0688. The number of hydrogen-bond acceptors (Lipinski definition) is 2. The molecule has 1 aliphatic rings. The van der Waals surface area contributed by atoms with E-state index in [2.05, 4.69) is 19.8 Å². The maximum Gasteiger partial charge on any atom is 0.323 e. The third-order valence-corrected chi connectivity index (χ3v) is 3.73. The van der Waals surface area contributed by atoms with Crippen LogP contribution in [0.25, 0.3) is 0 Å². The van der Waals surface area contributed by atoms with Crippen LogP contribution in [0.3, 0.4) is 0 Å². The minimum atomic E-state index is -1.02. The summed E-state index contributed by atoms with van der Waals surface area (Å²) in [6.07, 6.45) is 9.18. The number of aliphatic carboxylic acids is 1. The van der Waals surface area contributed by atoms with Crippen LogP contribution in [0.1, 0.15) is 39.5 Å². The van der Waals surface area contributed by atoms with E-state index < -0.39 is 5.97 Å². The summed E-state index contributed by atoms with van der Waals surface area (Å²) in [4.78, 5) is 24.5. The molecule has 18 heavy (non-hydrogen) atoms. The second kappa shape index (κ2) is 5.90. The topological polar surface area (TPSA) is 57.6 Å². The molecule has 0 radical (unpaired) electrons. The Bertz CT molecular complexity index is 368. The highest BCUT2D eigenvalue weighted by Gasteiger charge is 2.39. The van der Waals surface area contributed by atoms with Crippen molar-refractivity contribution in [1.29, 1.82) is 0 Å². The Kier molecular flexibility index (Phi) is 4.77. The molecule has 0 aliphatic heterocycles. The second-order valence-electron chi connectivity index (χ2n) is 5.58. The molecule has 0 bridgehead atoms. The van der Waals surface area contributed by atoms with Gasteiger partial charge in [0.2, 0.25) is 5.91 Å². The summed E-state index contributed by atoms with van der Waals surface area (Å²) in [6.45, 7) is 3.90. The Balaban J connectivity index is 2.81. The van der Waals surface area contributed by atoms with E-state index in [-0.39, 0.29) is 30.3 Å². The quantitative estimate of drug-likeness (QED) is 0.774. The van der Waals surface area contributed by atoms with Crippen LogP contribution in [0.5, 0.6) is 0 Å². The summed E-state index contributed by atoms with van der Waals surface area (Å²) in [5.74, 6) is 1.12. The predicted molar refractivity (Wildman–Crippen MR) is 68.8 cm³/mol. The Morgan fingerprint density at radius 1 is 1.44 bits per heavy atom. The minimum Gasteiger partial charge on any atom is -0.480 e. The Morgan fingerprint density at radius 2 is 2.11 bits per heavy atom. The van der Waals surface area contributed by atoms with Crippen LogP contribution in [-0.4, -0.2) is 35.0 Å². The Labute approximate surface area is 108 Å². The van der Waals surface area contributed by atoms with E-state index >= 15 is 0 Å². The molecule has 4 heteroatoms. The molecule has 0 spiro atoms. The Hall–Kier alpha value is -1.50. The van der Waals surface area contributed by atoms with Gasteiger partial charge in [0.1, 0.15) is 6.54 Å². The molecule has 100 valence electrons. The monoisotopic (exact) mass is 251 g/mol. The molecule has 1 unspecified atom stereocenters. The fourth-order valence-electron chi connectivity index (χ4n) is 2.66. The number of rotatable bonds is 4. The zero-order valence-electron chi connectivity index (χ0n) is 11.1. The first-order valence-electron chi connectivity index (χ1n) is 6.32. The fourth-order valence-corrected chi connectivity index (χ4v) is 2.66. The van der Waals surface area contributed by atoms with Gasteiger partial charge in [-0.15, -0.1) is 6.42 Å². The average Bonchev–Trinajstić information content (AvgIpc) is 2.26. The van der Waals surface area contributed by atoms with Gasteiger partial charge in [0.15, 0.2) is 0 Å². The third-order valence-electron chi connectivity index (χ3n) is 3.73. The normalized spacial score (nSPS) is 21.9. The molecule has 0 saturated heterocycles. The molecule has 1 aliphatic carbocycles. The molecular formula is C14H21NO3. The number of hydrogen-bond donors (Lipinski definition) is 1. The van der Waals surface area contributed by atoms with E-state index in [1.807, 2.05) is 0 Å². The van der Waals surface area contributed by atoms with Crippen LogP contribution in [-0.2, 0) is 9.59 Å². The first-order valence-corrected chi connectivity index (χ1v) is 6.32. The van der Waals surface area contributed by atoms with Gasteiger partial charge < -0.3 is 10.0 Å². The zero-order valence-corrected chi connectivity index (χ0v) is 11.1. The average molecular weight is 251 g/mol. The van der Waals surface area contributed by atoms with Gasteiger partial charge in [0, 0.05) is 5.92 Å². The van der Waals surface area contributed by atoms with Gasteiger partial charge >= 0.3 is 5.97 Å². The van der Waals surface area contributed by atoms with Gasteiger partial charge in [-0.3, -0.25) is 9.59 Å². The molecular weight excluding hydrogens is 230 g/mol. The van der Waals surface area contributed by atoms with Gasteiger partial charge in [0.25, 0.3) is 0 Å². The van der Waals surface area contributed by atoms with E-state index in [0.717, 1.165) is 25.7 Å². The number of carbonyl (C=O) groups excluding carboxylic acids is 1. The summed E-state index contributed by atoms with van der Waals surface area (Å²) in [7, 11) is 0. The molecule has 0 aromatic heterocycles. The highest BCUT2D eigenvalue weighted by molar-refractivity contribution is 5.84. The van der Waals surface area contributed by atoms with Crippen LogP contribution in [0, 0.1) is 23.7 Å². The van der Waals surface area contributed by atoms with Crippen molar-refractivity contribution in [3.63, 3.8) is 0 Å². The lowest BCUT2D eigenvalue weighted by molar-refractivity contribution is -0.148. The minimum absolute atomic E-state index is 0.0672. The molecule has 1 atom stereocenters. The molecule has 0 aromatic carbocycles. The van der Waals surface area contributed by atoms with Gasteiger partial charge in [0.05, 0.1) is 6.54 Å². The van der Waals surface area contributed by atoms with Gasteiger partial charge in [-0.1, -0.05) is 32.6 Å². The third kappa shape index (κ3) is 3.49. The van der Waals surface area contributed by atoms with Crippen LogP contribution in [0.4, 0.5) is 0 Å². The lowest BCUT2D eigenvalue weighted by Gasteiger charge is -2.39. The van der Waals surface area contributed by atoms with Crippen molar-refractivity contribution in [3.05, 3.63) is 0 Å². The summed E-state index contributed by atoms with van der Waals surface area (Å²) in [5, 5.41) is 8.83. The Morgan fingerprint density at radius 3 is 2.61 bits per heavy atom. The van der Waals surface area contributed by atoms with Gasteiger partial charge in [-0.05, 0) is 18.3 Å². The van der Waals surface area contributed by atoms with Crippen molar-refractivity contribution in [2.45, 2.75) is 39.5 Å². The van der Waals surface area contributed by atoms with Crippen molar-refractivity contribution in [2.24, 2.45) is 11.3 Å². The number of terminal acetylenes is 1. The number of nitrogens with zero attached hydrogens (tertiary/aromatic N) is 1. The number of amides is 1. The van der Waals surface area contributed by atoms with Crippen molar-refractivity contribution < 1.29 is 14.7 Å². The number of carboxylic acid groups (broad SMARTS) is 1. The first kappa shape index (κ1) is 14.6. The molecule has 1 amide bonds. The summed E-state index contributed by atoms with van der Waals surface area (Å²) < 4.78 is 0. The zero-order chi connectivity index (χ0) is 13.8. The molecule has 1 N–H and O–H groups in total. The highest BCUT2D eigenvalue weighted by atomic mass is 16.4. The van der Waals surface area contributed by atoms with Gasteiger partial charge in [-0.2, -0.15) is 0 Å². The van der Waals surface area contributed by atoms with Crippen LogP contribution >= 0.6 is 0 Å². The predicted octanol–water partition coefficient (Wildman–Crippen LogP) is 1.75. The molecule has 0 aromatic rings. The van der Waals surface area contributed by atoms with Crippen LogP contribution in [0.2, 0.25) is 0 Å². The van der Waals surface area contributed by atoms with Crippen molar-refractivity contribution in [2.75, 3.05) is 13.1 Å². The molecule has 1 rings (SSSR count). The molecule has 1 saturated carbocycles. The van der Waals surface area contributed by atoms with E-state index in [1.54, 1.807) is 0 Å². The molecule has 1 fully saturated rings. The van der Waals surface area contributed by atoms with E-state index in [1.165, 1.54) is 4.90 Å². The molecule has 0 heterocycles. The van der Waals surface area contributed by atoms with E-state index in [0.29, 0.717) is 0 Å². The maximum atomic E-state index is 12.4. The number of carbonyl (C=O) groups is 2. The SMILES string of the molecule is C#CCN(CC(=O)O)C(=O)C1CCCCC1(C)C. The van der Waals surface area contributed by atoms with Gasteiger partial charge in [-0.25, -0.2) is 0 Å². The highest BCUT2D eigenvalue weighted by Crippen LogP contribution is 2.41. The smallest absolute Gasteiger partial charge is 0.323 e.